The Morgan fingerprint density at radius 3 is 2.47 bits per heavy atom. The van der Waals surface area contributed by atoms with Gasteiger partial charge in [-0.2, -0.15) is 0 Å². The summed E-state index contributed by atoms with van der Waals surface area (Å²) >= 11 is 0. The molecule has 1 aromatic carbocycles. The van der Waals surface area contributed by atoms with Crippen molar-refractivity contribution in [2.45, 2.75) is 33.1 Å². The van der Waals surface area contributed by atoms with Crippen molar-refractivity contribution in [2.24, 2.45) is 5.84 Å². The van der Waals surface area contributed by atoms with Gasteiger partial charge in [0.25, 0.3) is 0 Å². The Morgan fingerprint density at radius 1 is 1.18 bits per heavy atom. The van der Waals surface area contributed by atoms with Gasteiger partial charge in [0.1, 0.15) is 0 Å². The molecule has 1 aromatic heterocycles. The number of hydrogen-bond acceptors (Lipinski definition) is 3. The Hall–Kier alpha value is -1.61. The molecule has 17 heavy (non-hydrogen) atoms. The van der Waals surface area contributed by atoms with Gasteiger partial charge in [0.2, 0.25) is 0 Å². The molecule has 0 fully saturated rings. The number of nitrogens with two attached hydrogens (primary N) is 1. The number of hydrogen-bond donors (Lipinski definition) is 2. The van der Waals surface area contributed by atoms with Gasteiger partial charge >= 0.3 is 0 Å². The number of anilines is 1. The number of pyridine rings is 1. The van der Waals surface area contributed by atoms with Crippen LogP contribution < -0.4 is 11.3 Å². The number of nitrogens with zero attached hydrogens (tertiary/aromatic N) is 1. The average molecular weight is 229 g/mol. The van der Waals surface area contributed by atoms with E-state index >= 15 is 0 Å². The summed E-state index contributed by atoms with van der Waals surface area (Å²) in [5.74, 6) is 5.60. The predicted molar refractivity (Wildman–Crippen MR) is 73.0 cm³/mol. The summed E-state index contributed by atoms with van der Waals surface area (Å²) in [5.41, 5.74) is 6.96. The number of hydrazine groups is 1. The second-order valence-corrected chi connectivity index (χ2v) is 5.47. The number of aromatic nitrogens is 1. The van der Waals surface area contributed by atoms with Gasteiger partial charge in [0.15, 0.2) is 0 Å². The van der Waals surface area contributed by atoms with Gasteiger partial charge in [-0.25, -0.2) is 0 Å². The molecule has 0 spiro atoms. The lowest BCUT2D eigenvalue weighted by molar-refractivity contribution is 0.572. The van der Waals surface area contributed by atoms with Crippen molar-refractivity contribution in [2.75, 3.05) is 5.43 Å². The van der Waals surface area contributed by atoms with Crippen molar-refractivity contribution in [1.82, 2.24) is 4.98 Å². The van der Waals surface area contributed by atoms with E-state index in [4.69, 9.17) is 10.8 Å². The first-order valence-corrected chi connectivity index (χ1v) is 5.80. The van der Waals surface area contributed by atoms with Crippen molar-refractivity contribution >= 4 is 16.6 Å². The third-order valence-corrected chi connectivity index (χ3v) is 2.89. The lowest BCUT2D eigenvalue weighted by atomic mass is 9.90. The quantitative estimate of drug-likeness (QED) is 0.583. The molecule has 2 rings (SSSR count). The second-order valence-electron chi connectivity index (χ2n) is 5.47. The van der Waals surface area contributed by atoms with Crippen LogP contribution in [0.2, 0.25) is 0 Å². The molecule has 0 saturated heterocycles. The van der Waals surface area contributed by atoms with Crippen molar-refractivity contribution < 1.29 is 0 Å². The Morgan fingerprint density at radius 2 is 1.88 bits per heavy atom. The van der Waals surface area contributed by atoms with Crippen LogP contribution in [0.5, 0.6) is 0 Å². The maximum atomic E-state index is 5.60. The van der Waals surface area contributed by atoms with Crippen molar-refractivity contribution in [3.63, 3.8) is 0 Å². The summed E-state index contributed by atoms with van der Waals surface area (Å²) < 4.78 is 0. The molecule has 0 unspecified atom stereocenters. The monoisotopic (exact) mass is 229 g/mol. The molecule has 3 N–H and O–H groups in total. The van der Waals surface area contributed by atoms with Crippen LogP contribution in [-0.2, 0) is 5.41 Å². The number of rotatable bonds is 1. The Labute approximate surface area is 102 Å². The maximum absolute atomic E-state index is 5.60. The van der Waals surface area contributed by atoms with E-state index < -0.39 is 0 Å². The summed E-state index contributed by atoms with van der Waals surface area (Å²) in [6.45, 7) is 8.51. The van der Waals surface area contributed by atoms with Gasteiger partial charge < -0.3 is 5.43 Å². The first-order valence-electron chi connectivity index (χ1n) is 5.80. The molecule has 0 atom stereocenters. The first kappa shape index (κ1) is 11.9. The minimum Gasteiger partial charge on any atom is -0.323 e. The molecule has 0 aliphatic heterocycles. The fraction of sp³-hybridized carbons (Fsp3) is 0.357. The van der Waals surface area contributed by atoms with E-state index in [1.807, 2.05) is 12.1 Å². The maximum Gasteiger partial charge on any atom is 0.0727 e. The van der Waals surface area contributed by atoms with Crippen LogP contribution in [0.3, 0.4) is 0 Å². The predicted octanol–water partition coefficient (Wildman–Crippen LogP) is 3.13. The molecule has 0 bridgehead atoms. The van der Waals surface area contributed by atoms with E-state index in [0.29, 0.717) is 0 Å². The third-order valence-electron chi connectivity index (χ3n) is 2.89. The van der Waals surface area contributed by atoms with Gasteiger partial charge in [-0.3, -0.25) is 10.8 Å². The van der Waals surface area contributed by atoms with Gasteiger partial charge in [-0.1, -0.05) is 32.4 Å². The van der Waals surface area contributed by atoms with E-state index in [2.05, 4.69) is 45.3 Å². The molecule has 3 heteroatoms. The first-order chi connectivity index (χ1) is 7.91. The molecule has 0 saturated carbocycles. The number of aryl methyl sites for hydroxylation is 1. The van der Waals surface area contributed by atoms with Crippen molar-refractivity contribution in [3.05, 3.63) is 35.5 Å². The number of benzene rings is 1. The van der Waals surface area contributed by atoms with Crippen LogP contribution >= 0.6 is 0 Å². The fourth-order valence-corrected chi connectivity index (χ4v) is 1.84. The number of nitrogens with one attached hydrogen (secondary N) is 1. The average Bonchev–Trinajstić information content (AvgIpc) is 2.26. The molecule has 0 aliphatic carbocycles. The van der Waals surface area contributed by atoms with E-state index in [0.717, 1.165) is 22.3 Å². The molecule has 0 aliphatic rings. The zero-order valence-electron chi connectivity index (χ0n) is 10.8. The molecule has 3 nitrogen and oxygen atoms in total. The van der Waals surface area contributed by atoms with Crippen LogP contribution in [-0.4, -0.2) is 4.98 Å². The smallest absolute Gasteiger partial charge is 0.0727 e. The molecular weight excluding hydrogens is 210 g/mol. The van der Waals surface area contributed by atoms with Crippen LogP contribution in [0, 0.1) is 6.92 Å². The fourth-order valence-electron chi connectivity index (χ4n) is 1.84. The van der Waals surface area contributed by atoms with Gasteiger partial charge in [0, 0.05) is 16.5 Å². The van der Waals surface area contributed by atoms with Crippen LogP contribution in [0.15, 0.2) is 24.3 Å². The summed E-state index contributed by atoms with van der Waals surface area (Å²) in [6, 6.07) is 8.24. The highest BCUT2D eigenvalue weighted by Crippen LogP contribution is 2.29. The number of fused-ring (bicyclic) bond motifs is 1. The summed E-state index contributed by atoms with van der Waals surface area (Å²) in [7, 11) is 0. The minimum absolute atomic E-state index is 0.0185. The molecule has 90 valence electrons. The topological polar surface area (TPSA) is 50.9 Å². The molecule has 0 amide bonds. The van der Waals surface area contributed by atoms with E-state index in [1.165, 1.54) is 5.56 Å². The zero-order valence-corrected chi connectivity index (χ0v) is 10.8. The normalized spacial score (nSPS) is 11.8. The zero-order chi connectivity index (χ0) is 12.6. The lowest BCUT2D eigenvalue weighted by Crippen LogP contribution is -2.16. The van der Waals surface area contributed by atoms with Crippen molar-refractivity contribution in [3.8, 4) is 0 Å². The highest BCUT2D eigenvalue weighted by molar-refractivity contribution is 5.91. The minimum atomic E-state index is 0.0185. The van der Waals surface area contributed by atoms with E-state index in [9.17, 15) is 0 Å². The largest absolute Gasteiger partial charge is 0.323 e. The Kier molecular flexibility index (Phi) is 2.79. The standard InChI is InChI=1S/C14H19N3/c1-9-5-6-11-10(7-9)12(17-15)8-13(16-11)14(2,3)4/h5-8H,15H2,1-4H3,(H,16,17). The third kappa shape index (κ3) is 2.24. The highest BCUT2D eigenvalue weighted by Gasteiger charge is 2.17. The van der Waals surface area contributed by atoms with Crippen LogP contribution in [0.25, 0.3) is 10.9 Å². The summed E-state index contributed by atoms with van der Waals surface area (Å²) in [6.07, 6.45) is 0. The molecular formula is C14H19N3. The van der Waals surface area contributed by atoms with Crippen molar-refractivity contribution in [1.29, 1.82) is 0 Å². The van der Waals surface area contributed by atoms with Gasteiger partial charge in [0.05, 0.1) is 11.2 Å². The van der Waals surface area contributed by atoms with Gasteiger partial charge in [-0.05, 0) is 25.1 Å². The Balaban J connectivity index is 2.75. The second kappa shape index (κ2) is 4.00. The molecule has 1 heterocycles. The SMILES string of the molecule is Cc1ccc2nc(C(C)(C)C)cc(NN)c2c1. The molecule has 0 radical (unpaired) electrons. The van der Waals surface area contributed by atoms with Crippen LogP contribution in [0.4, 0.5) is 5.69 Å². The Bertz CT molecular complexity index is 553. The number of nitrogen functional groups attached to an aromatic ring is 1. The summed E-state index contributed by atoms with van der Waals surface area (Å²) in [5, 5.41) is 1.07. The van der Waals surface area contributed by atoms with E-state index in [-0.39, 0.29) is 5.41 Å². The summed E-state index contributed by atoms with van der Waals surface area (Å²) in [4.78, 5) is 4.70. The van der Waals surface area contributed by atoms with E-state index in [1.54, 1.807) is 0 Å². The van der Waals surface area contributed by atoms with Crippen LogP contribution in [0.1, 0.15) is 32.0 Å². The highest BCUT2D eigenvalue weighted by atomic mass is 15.2. The molecule has 2 aromatic rings. The van der Waals surface area contributed by atoms with Gasteiger partial charge in [-0.15, -0.1) is 0 Å². The lowest BCUT2D eigenvalue weighted by Gasteiger charge is -2.20.